The van der Waals surface area contributed by atoms with E-state index in [9.17, 15) is 4.79 Å². The normalized spacial score (nSPS) is 13.1. The minimum absolute atomic E-state index is 0.0406. The molecule has 0 aliphatic carbocycles. The molecule has 0 radical (unpaired) electrons. The van der Waals surface area contributed by atoms with Crippen LogP contribution in [0.4, 0.5) is 0 Å². The van der Waals surface area contributed by atoms with Crippen molar-refractivity contribution < 1.29 is 9.52 Å². The van der Waals surface area contributed by atoms with Crippen LogP contribution in [0.3, 0.4) is 0 Å². The number of nitrogens with two attached hydrogens (primary N) is 1. The number of hydrogen-bond acceptors (Lipinski definition) is 5. The summed E-state index contributed by atoms with van der Waals surface area (Å²) in [6, 6.07) is 5.21. The van der Waals surface area contributed by atoms with E-state index in [2.05, 4.69) is 10.3 Å². The number of aromatic nitrogens is 1. The van der Waals surface area contributed by atoms with Crippen molar-refractivity contribution in [3.63, 3.8) is 0 Å². The van der Waals surface area contributed by atoms with Gasteiger partial charge in [0.15, 0.2) is 5.58 Å². The van der Waals surface area contributed by atoms with Gasteiger partial charge in [-0.25, -0.2) is 4.79 Å². The number of hydrogen-bond donors (Lipinski definition) is 4. The van der Waals surface area contributed by atoms with E-state index >= 15 is 0 Å². The number of H-pyrrole nitrogens is 1. The number of oxazole rings is 1. The van der Waals surface area contributed by atoms with Crippen LogP contribution in [0.2, 0.25) is 0 Å². The molecule has 0 saturated carbocycles. The van der Waals surface area contributed by atoms with Gasteiger partial charge in [-0.3, -0.25) is 4.98 Å². The van der Waals surface area contributed by atoms with Crippen LogP contribution in [0.5, 0.6) is 0 Å². The highest BCUT2D eigenvalue weighted by atomic mass is 16.4. The van der Waals surface area contributed by atoms with E-state index in [-0.39, 0.29) is 12.6 Å². The fourth-order valence-electron chi connectivity index (χ4n) is 1.58. The van der Waals surface area contributed by atoms with E-state index in [1.165, 1.54) is 0 Å². The number of rotatable bonds is 5. The lowest BCUT2D eigenvalue weighted by molar-refractivity contribution is 0.262. The number of nitrogens with one attached hydrogen (secondary N) is 2. The summed E-state index contributed by atoms with van der Waals surface area (Å²) in [4.78, 5) is 13.6. The van der Waals surface area contributed by atoms with Gasteiger partial charge >= 0.3 is 5.76 Å². The second-order valence-electron chi connectivity index (χ2n) is 3.92. The molecule has 2 rings (SSSR count). The van der Waals surface area contributed by atoms with E-state index in [0.29, 0.717) is 24.2 Å². The van der Waals surface area contributed by atoms with Gasteiger partial charge in [-0.1, -0.05) is 6.07 Å². The fourth-order valence-corrected chi connectivity index (χ4v) is 1.58. The molecule has 0 saturated heterocycles. The second kappa shape index (κ2) is 5.13. The molecule has 92 valence electrons. The summed E-state index contributed by atoms with van der Waals surface area (Å²) in [5.41, 5.74) is 7.80. The van der Waals surface area contributed by atoms with Crippen LogP contribution in [0.15, 0.2) is 27.4 Å². The van der Waals surface area contributed by atoms with E-state index in [1.54, 1.807) is 6.07 Å². The molecule has 0 aliphatic rings. The van der Waals surface area contributed by atoms with Crippen molar-refractivity contribution in [3.8, 4) is 0 Å². The molecule has 0 bridgehead atoms. The third-order valence-corrected chi connectivity index (χ3v) is 2.45. The first-order valence-electron chi connectivity index (χ1n) is 5.38. The molecule has 1 aromatic heterocycles. The Balaban J connectivity index is 2.01. The molecule has 5 N–H and O–H groups in total. The maximum Gasteiger partial charge on any atom is 0.417 e. The topological polar surface area (TPSA) is 104 Å². The minimum atomic E-state index is -0.451. The first-order valence-corrected chi connectivity index (χ1v) is 5.38. The number of aromatic amines is 1. The molecule has 0 aliphatic heterocycles. The lowest BCUT2D eigenvalue weighted by atomic mass is 10.2. The van der Waals surface area contributed by atoms with Crippen LogP contribution in [-0.4, -0.2) is 29.3 Å². The fraction of sp³-hybridized carbons (Fsp3) is 0.364. The molecule has 1 unspecified atom stereocenters. The second-order valence-corrected chi connectivity index (χ2v) is 3.92. The molecule has 0 amide bonds. The maximum atomic E-state index is 11.0. The predicted octanol–water partition coefficient (Wildman–Crippen LogP) is -0.470. The average Bonchev–Trinajstić information content (AvgIpc) is 2.68. The summed E-state index contributed by atoms with van der Waals surface area (Å²) in [5, 5.41) is 11.9. The molecular weight excluding hydrogens is 222 g/mol. The van der Waals surface area contributed by atoms with Gasteiger partial charge in [-0.2, -0.15) is 0 Å². The van der Waals surface area contributed by atoms with E-state index < -0.39 is 5.76 Å². The summed E-state index contributed by atoms with van der Waals surface area (Å²) in [6.07, 6.45) is 0. The monoisotopic (exact) mass is 237 g/mol. The highest BCUT2D eigenvalue weighted by molar-refractivity contribution is 5.72. The van der Waals surface area contributed by atoms with Gasteiger partial charge in [-0.05, 0) is 17.7 Å². The van der Waals surface area contributed by atoms with Crippen LogP contribution >= 0.6 is 0 Å². The van der Waals surface area contributed by atoms with Crippen molar-refractivity contribution >= 4 is 11.1 Å². The Hall–Kier alpha value is -1.63. The van der Waals surface area contributed by atoms with Crippen molar-refractivity contribution in [2.24, 2.45) is 5.73 Å². The first-order chi connectivity index (χ1) is 8.19. The van der Waals surface area contributed by atoms with Crippen LogP contribution in [-0.2, 0) is 6.54 Å². The van der Waals surface area contributed by atoms with Gasteiger partial charge in [0.2, 0.25) is 0 Å². The van der Waals surface area contributed by atoms with E-state index in [4.69, 9.17) is 15.3 Å². The van der Waals surface area contributed by atoms with Crippen molar-refractivity contribution in [1.82, 2.24) is 10.3 Å². The summed E-state index contributed by atoms with van der Waals surface area (Å²) in [5.74, 6) is -0.451. The first kappa shape index (κ1) is 11.8. The molecule has 6 nitrogen and oxygen atoms in total. The standard InChI is InChI=1S/C11H15N3O3/c12-8(6-15)5-13-4-7-1-2-10-9(3-7)14-11(16)17-10/h1-3,8,13,15H,4-6,12H2,(H,14,16). The van der Waals surface area contributed by atoms with Crippen LogP contribution < -0.4 is 16.8 Å². The Morgan fingerprint density at radius 2 is 2.35 bits per heavy atom. The van der Waals surface area contributed by atoms with Crippen molar-refractivity contribution in [3.05, 3.63) is 34.3 Å². The molecule has 1 heterocycles. The van der Waals surface area contributed by atoms with Crippen LogP contribution in [0.25, 0.3) is 11.1 Å². The Kier molecular flexibility index (Phi) is 3.58. The predicted molar refractivity (Wildman–Crippen MR) is 63.6 cm³/mol. The zero-order chi connectivity index (χ0) is 12.3. The van der Waals surface area contributed by atoms with Crippen molar-refractivity contribution in [2.75, 3.05) is 13.2 Å². The lowest BCUT2D eigenvalue weighted by Gasteiger charge is -2.09. The number of aliphatic hydroxyl groups excluding tert-OH is 1. The van der Waals surface area contributed by atoms with E-state index in [0.717, 1.165) is 5.56 Å². The third kappa shape index (κ3) is 2.94. The Labute approximate surface area is 97.4 Å². The maximum absolute atomic E-state index is 11.0. The SMILES string of the molecule is NC(CO)CNCc1ccc2oc(=O)[nH]c2c1. The zero-order valence-electron chi connectivity index (χ0n) is 9.27. The molecular formula is C11H15N3O3. The number of aliphatic hydroxyl groups is 1. The summed E-state index contributed by atoms with van der Waals surface area (Å²) in [6.45, 7) is 1.12. The summed E-state index contributed by atoms with van der Waals surface area (Å²) in [7, 11) is 0. The molecule has 1 atom stereocenters. The van der Waals surface area contributed by atoms with Crippen LogP contribution in [0.1, 0.15) is 5.56 Å². The molecule has 0 fully saturated rings. The molecule has 6 heteroatoms. The average molecular weight is 237 g/mol. The quantitative estimate of drug-likeness (QED) is 0.563. The highest BCUT2D eigenvalue weighted by Gasteiger charge is 2.03. The molecule has 17 heavy (non-hydrogen) atoms. The van der Waals surface area contributed by atoms with Gasteiger partial charge < -0.3 is 20.6 Å². The minimum Gasteiger partial charge on any atom is -0.408 e. The number of fused-ring (bicyclic) bond motifs is 1. The third-order valence-electron chi connectivity index (χ3n) is 2.45. The molecule has 2 aromatic rings. The summed E-state index contributed by atoms with van der Waals surface area (Å²) < 4.78 is 4.90. The smallest absolute Gasteiger partial charge is 0.408 e. The molecule has 0 spiro atoms. The Morgan fingerprint density at radius 1 is 1.53 bits per heavy atom. The zero-order valence-corrected chi connectivity index (χ0v) is 9.27. The highest BCUT2D eigenvalue weighted by Crippen LogP contribution is 2.11. The summed E-state index contributed by atoms with van der Waals surface area (Å²) >= 11 is 0. The molecule has 1 aromatic carbocycles. The van der Waals surface area contributed by atoms with Gasteiger partial charge in [0.25, 0.3) is 0 Å². The van der Waals surface area contributed by atoms with Gasteiger partial charge in [0.1, 0.15) is 0 Å². The van der Waals surface area contributed by atoms with Crippen molar-refractivity contribution in [1.29, 1.82) is 0 Å². The Bertz CT molecular complexity index is 546. The van der Waals surface area contributed by atoms with Gasteiger partial charge in [0, 0.05) is 19.1 Å². The lowest BCUT2D eigenvalue weighted by Crippen LogP contribution is -2.36. The van der Waals surface area contributed by atoms with Gasteiger partial charge in [0.05, 0.1) is 12.1 Å². The van der Waals surface area contributed by atoms with Crippen LogP contribution in [0, 0.1) is 0 Å². The largest absolute Gasteiger partial charge is 0.417 e. The van der Waals surface area contributed by atoms with Gasteiger partial charge in [-0.15, -0.1) is 0 Å². The Morgan fingerprint density at radius 3 is 3.12 bits per heavy atom. The van der Waals surface area contributed by atoms with E-state index in [1.807, 2.05) is 12.1 Å². The van der Waals surface area contributed by atoms with Crippen molar-refractivity contribution in [2.45, 2.75) is 12.6 Å². The number of benzene rings is 1.